The highest BCUT2D eigenvalue weighted by Gasteiger charge is 2.17. The average Bonchev–Trinajstić information content (AvgIpc) is 3.32. The van der Waals surface area contributed by atoms with Crippen molar-refractivity contribution in [1.29, 1.82) is 0 Å². The fourth-order valence-corrected chi connectivity index (χ4v) is 3.34. The van der Waals surface area contributed by atoms with Crippen LogP contribution in [0.5, 0.6) is 0 Å². The molecule has 7 heteroatoms. The number of amides is 1. The molecule has 0 aliphatic carbocycles. The second kappa shape index (κ2) is 6.56. The minimum atomic E-state index is -0.323. The van der Waals surface area contributed by atoms with Gasteiger partial charge in [0.25, 0.3) is 5.91 Å². The Hall–Kier alpha value is -4.00. The lowest BCUT2D eigenvalue weighted by molar-refractivity contribution is 0.102. The van der Waals surface area contributed by atoms with E-state index >= 15 is 0 Å². The lowest BCUT2D eigenvalue weighted by Crippen LogP contribution is -2.13. The SMILES string of the molecule is Cc1cc(C)n2cnc(C(=O)Nc3ccc4oc(-c5ccccc5)nc4c3)c2n1. The van der Waals surface area contributed by atoms with Crippen LogP contribution < -0.4 is 5.32 Å². The van der Waals surface area contributed by atoms with Crippen molar-refractivity contribution in [3.8, 4) is 11.5 Å². The summed E-state index contributed by atoms with van der Waals surface area (Å²) in [6.07, 6.45) is 1.61. The Morgan fingerprint density at radius 2 is 1.86 bits per heavy atom. The number of benzene rings is 2. The van der Waals surface area contributed by atoms with Crippen LogP contribution in [0.15, 0.2) is 65.3 Å². The number of oxazole rings is 1. The number of nitrogens with one attached hydrogen (secondary N) is 1. The molecule has 0 spiro atoms. The van der Waals surface area contributed by atoms with Gasteiger partial charge in [-0.1, -0.05) is 18.2 Å². The van der Waals surface area contributed by atoms with Crippen molar-refractivity contribution < 1.29 is 9.21 Å². The molecule has 3 heterocycles. The molecule has 0 atom stereocenters. The quantitative estimate of drug-likeness (QED) is 0.499. The maximum absolute atomic E-state index is 12.8. The van der Waals surface area contributed by atoms with Gasteiger partial charge in [0.1, 0.15) is 11.8 Å². The van der Waals surface area contributed by atoms with Crippen LogP contribution in [0.3, 0.4) is 0 Å². The lowest BCUT2D eigenvalue weighted by Gasteiger charge is -2.04. The molecule has 5 rings (SSSR count). The second-order valence-corrected chi connectivity index (χ2v) is 6.85. The van der Waals surface area contributed by atoms with Crippen molar-refractivity contribution in [2.75, 3.05) is 5.32 Å². The highest BCUT2D eigenvalue weighted by molar-refractivity contribution is 6.07. The average molecular weight is 383 g/mol. The summed E-state index contributed by atoms with van der Waals surface area (Å²) in [5.74, 6) is 0.218. The van der Waals surface area contributed by atoms with E-state index in [0.717, 1.165) is 17.0 Å². The summed E-state index contributed by atoms with van der Waals surface area (Å²) in [6.45, 7) is 3.85. The van der Waals surface area contributed by atoms with Crippen LogP contribution in [-0.4, -0.2) is 25.3 Å². The first-order valence-corrected chi connectivity index (χ1v) is 9.17. The summed E-state index contributed by atoms with van der Waals surface area (Å²) in [5, 5.41) is 2.88. The Kier molecular flexibility index (Phi) is 3.87. The molecule has 0 saturated heterocycles. The highest BCUT2D eigenvalue weighted by Crippen LogP contribution is 2.26. The molecule has 5 aromatic rings. The van der Waals surface area contributed by atoms with Gasteiger partial charge in [0.15, 0.2) is 16.9 Å². The molecule has 2 aromatic carbocycles. The molecular formula is C22H17N5O2. The van der Waals surface area contributed by atoms with Gasteiger partial charge in [0, 0.05) is 22.6 Å². The molecular weight excluding hydrogens is 366 g/mol. The predicted octanol–water partition coefficient (Wildman–Crippen LogP) is 4.41. The lowest BCUT2D eigenvalue weighted by atomic mass is 10.2. The fraction of sp³-hybridized carbons (Fsp3) is 0.0909. The van der Waals surface area contributed by atoms with Gasteiger partial charge >= 0.3 is 0 Å². The summed E-state index contributed by atoms with van der Waals surface area (Å²) < 4.78 is 7.62. The van der Waals surface area contributed by atoms with Gasteiger partial charge in [-0.3, -0.25) is 9.20 Å². The topological polar surface area (TPSA) is 85.3 Å². The monoisotopic (exact) mass is 383 g/mol. The van der Waals surface area contributed by atoms with Crippen LogP contribution in [0.25, 0.3) is 28.2 Å². The van der Waals surface area contributed by atoms with Crippen LogP contribution in [-0.2, 0) is 0 Å². The first-order valence-electron chi connectivity index (χ1n) is 9.17. The summed E-state index contributed by atoms with van der Waals surface area (Å²) in [7, 11) is 0. The molecule has 0 radical (unpaired) electrons. The van der Waals surface area contributed by atoms with Crippen LogP contribution in [0.2, 0.25) is 0 Å². The van der Waals surface area contributed by atoms with Gasteiger partial charge in [-0.25, -0.2) is 15.0 Å². The number of carbonyl (C=O) groups excluding carboxylic acids is 1. The van der Waals surface area contributed by atoms with Crippen molar-refractivity contribution in [3.63, 3.8) is 0 Å². The molecule has 1 N–H and O–H groups in total. The molecule has 0 saturated carbocycles. The van der Waals surface area contributed by atoms with Crippen molar-refractivity contribution in [3.05, 3.63) is 78.0 Å². The number of aromatic nitrogens is 4. The number of imidazole rings is 1. The van der Waals surface area contributed by atoms with Gasteiger partial charge in [0.05, 0.1) is 0 Å². The fourth-order valence-electron chi connectivity index (χ4n) is 3.34. The number of fused-ring (bicyclic) bond motifs is 2. The van der Waals surface area contributed by atoms with E-state index in [1.165, 1.54) is 0 Å². The van der Waals surface area contributed by atoms with E-state index in [-0.39, 0.29) is 11.6 Å². The predicted molar refractivity (Wildman–Crippen MR) is 110 cm³/mol. The van der Waals surface area contributed by atoms with Crippen LogP contribution >= 0.6 is 0 Å². The zero-order valence-electron chi connectivity index (χ0n) is 15.9. The van der Waals surface area contributed by atoms with Gasteiger partial charge < -0.3 is 9.73 Å². The Labute approximate surface area is 166 Å². The zero-order valence-corrected chi connectivity index (χ0v) is 15.9. The molecule has 0 bridgehead atoms. The number of hydrogen-bond acceptors (Lipinski definition) is 5. The summed E-state index contributed by atoms with van der Waals surface area (Å²) in [6, 6.07) is 17.0. The van der Waals surface area contributed by atoms with E-state index in [4.69, 9.17) is 4.42 Å². The third-order valence-electron chi connectivity index (χ3n) is 4.70. The van der Waals surface area contributed by atoms with Crippen LogP contribution in [0, 0.1) is 13.8 Å². The largest absolute Gasteiger partial charge is 0.436 e. The Balaban J connectivity index is 1.47. The number of hydrogen-bond donors (Lipinski definition) is 1. The van der Waals surface area contributed by atoms with Gasteiger partial charge in [-0.05, 0) is 50.2 Å². The smallest absolute Gasteiger partial charge is 0.278 e. The number of aryl methyl sites for hydroxylation is 2. The van der Waals surface area contributed by atoms with Crippen molar-refractivity contribution in [2.24, 2.45) is 0 Å². The van der Waals surface area contributed by atoms with Crippen LogP contribution in [0.4, 0.5) is 5.69 Å². The molecule has 142 valence electrons. The van der Waals surface area contributed by atoms with E-state index in [1.54, 1.807) is 28.9 Å². The highest BCUT2D eigenvalue weighted by atomic mass is 16.3. The molecule has 1 amide bonds. The number of anilines is 1. The molecule has 0 aliphatic rings. The van der Waals surface area contributed by atoms with Crippen LogP contribution in [0.1, 0.15) is 21.9 Å². The summed E-state index contributed by atoms with van der Waals surface area (Å²) >= 11 is 0. The minimum Gasteiger partial charge on any atom is -0.436 e. The van der Waals surface area contributed by atoms with E-state index < -0.39 is 0 Å². The first kappa shape index (κ1) is 17.1. The number of nitrogens with zero attached hydrogens (tertiary/aromatic N) is 4. The number of rotatable bonds is 3. The summed E-state index contributed by atoms with van der Waals surface area (Å²) in [4.78, 5) is 26.1. The standard InChI is InChI=1S/C22H17N5O2/c1-13-10-14(2)27-12-23-19(20(27)24-13)21(28)25-16-8-9-18-17(11-16)26-22(29-18)15-6-4-3-5-7-15/h3-12H,1-2H3,(H,25,28). The Bertz CT molecular complexity index is 1370. The molecule has 29 heavy (non-hydrogen) atoms. The van der Waals surface area contributed by atoms with Crippen molar-refractivity contribution in [2.45, 2.75) is 13.8 Å². The zero-order chi connectivity index (χ0) is 20.0. The van der Waals surface area contributed by atoms with Crippen molar-refractivity contribution >= 4 is 28.3 Å². The van der Waals surface area contributed by atoms with Crippen molar-refractivity contribution in [1.82, 2.24) is 19.4 Å². The molecule has 0 aliphatic heterocycles. The minimum absolute atomic E-state index is 0.280. The van der Waals surface area contributed by atoms with Gasteiger partial charge in [0.2, 0.25) is 5.89 Å². The third kappa shape index (κ3) is 3.02. The van der Waals surface area contributed by atoms with E-state index in [9.17, 15) is 4.79 Å². The Morgan fingerprint density at radius 1 is 1.03 bits per heavy atom. The summed E-state index contributed by atoms with van der Waals surface area (Å²) in [5.41, 5.74) is 5.45. The van der Waals surface area contributed by atoms with E-state index in [0.29, 0.717) is 28.3 Å². The maximum atomic E-state index is 12.8. The maximum Gasteiger partial charge on any atom is 0.278 e. The van der Waals surface area contributed by atoms with Gasteiger partial charge in [-0.2, -0.15) is 0 Å². The first-order chi connectivity index (χ1) is 14.1. The molecule has 0 unspecified atom stereocenters. The third-order valence-corrected chi connectivity index (χ3v) is 4.70. The molecule has 3 aromatic heterocycles. The second-order valence-electron chi connectivity index (χ2n) is 6.85. The molecule has 0 fully saturated rings. The number of carbonyl (C=O) groups is 1. The van der Waals surface area contributed by atoms with Gasteiger partial charge in [-0.15, -0.1) is 0 Å². The van der Waals surface area contributed by atoms with E-state index in [1.807, 2.05) is 50.2 Å². The molecule has 7 nitrogen and oxygen atoms in total. The Morgan fingerprint density at radius 3 is 2.69 bits per heavy atom. The normalized spacial score (nSPS) is 11.2. The van der Waals surface area contributed by atoms with E-state index in [2.05, 4.69) is 20.3 Å².